The smallest absolute Gasteiger partial charge is 1.00 e. The quantitative estimate of drug-likeness (QED) is 0.284. The van der Waals surface area contributed by atoms with Crippen LogP contribution in [0.1, 0.15) is 61.0 Å². The summed E-state index contributed by atoms with van der Waals surface area (Å²) in [5.41, 5.74) is 4.25. The molecule has 3 rings (SSSR count). The fourth-order valence-electron chi connectivity index (χ4n) is 3.31. The van der Waals surface area contributed by atoms with Crippen molar-refractivity contribution in [2.45, 2.75) is 39.5 Å². The summed E-state index contributed by atoms with van der Waals surface area (Å²) in [6.07, 6.45) is 1.26. The second-order valence-electron chi connectivity index (χ2n) is 7.70. The van der Waals surface area contributed by atoms with Gasteiger partial charge in [-0.2, -0.15) is 0 Å². The standard InChI is InChI=1S/C25H26N2O2.2ClH.Fe/c1-16(2)19-11-8-12-20(17(3)4)24(19)26-15-23(28)21-13-14-22(27-25(21)29)18-9-6-5-7-10-18;;;/h5-17H,1-4H3,(H,27,29);2*1H;/q;;;+2/p-2. The maximum Gasteiger partial charge on any atom is 2.00 e. The van der Waals surface area contributed by atoms with Crippen LogP contribution in [0.25, 0.3) is 11.3 Å². The SMILES string of the molecule is CC(C)c1cccc(C(C)C)c1N=CC(=O)c1ccc(-c2ccccc2)[nH]c1=O.[Cl-].[Cl-].[Fe+2]. The van der Waals surface area contributed by atoms with E-state index in [1.165, 1.54) is 6.21 Å². The van der Waals surface area contributed by atoms with Crippen LogP contribution >= 0.6 is 0 Å². The van der Waals surface area contributed by atoms with Gasteiger partial charge in [-0.05, 0) is 40.7 Å². The molecule has 0 unspecified atom stereocenters. The van der Waals surface area contributed by atoms with Crippen molar-refractivity contribution in [1.29, 1.82) is 0 Å². The third-order valence-electron chi connectivity index (χ3n) is 4.91. The molecule has 0 saturated carbocycles. The number of hydrogen-bond donors (Lipinski definition) is 1. The van der Waals surface area contributed by atoms with Gasteiger partial charge in [0.2, 0.25) is 5.78 Å². The zero-order valence-corrected chi connectivity index (χ0v) is 21.0. The van der Waals surface area contributed by atoms with Gasteiger partial charge in [-0.25, -0.2) is 0 Å². The fourth-order valence-corrected chi connectivity index (χ4v) is 3.31. The van der Waals surface area contributed by atoms with E-state index in [0.717, 1.165) is 22.4 Å². The predicted molar refractivity (Wildman–Crippen MR) is 120 cm³/mol. The van der Waals surface area contributed by atoms with E-state index in [-0.39, 0.29) is 59.3 Å². The molecule has 1 heterocycles. The largest absolute Gasteiger partial charge is 2.00 e. The van der Waals surface area contributed by atoms with Crippen LogP contribution in [0.15, 0.2) is 70.5 Å². The summed E-state index contributed by atoms with van der Waals surface area (Å²) in [6, 6.07) is 18.9. The summed E-state index contributed by atoms with van der Waals surface area (Å²) >= 11 is 0. The second-order valence-corrected chi connectivity index (χ2v) is 7.70. The number of Topliss-reactive ketones (excluding diaryl/α,β-unsaturated/α-hetero) is 1. The Hall–Kier alpha value is -2.17. The van der Waals surface area contributed by atoms with E-state index >= 15 is 0 Å². The Morgan fingerprint density at radius 2 is 1.41 bits per heavy atom. The number of pyridine rings is 1. The Morgan fingerprint density at radius 1 is 0.844 bits per heavy atom. The molecule has 2 aromatic carbocycles. The van der Waals surface area contributed by atoms with Gasteiger partial charge in [0.1, 0.15) is 0 Å². The van der Waals surface area contributed by atoms with E-state index in [4.69, 9.17) is 0 Å². The molecule has 0 amide bonds. The van der Waals surface area contributed by atoms with E-state index < -0.39 is 11.3 Å². The first-order valence-electron chi connectivity index (χ1n) is 9.88. The van der Waals surface area contributed by atoms with Gasteiger partial charge in [-0.1, -0.05) is 76.2 Å². The molecule has 0 spiro atoms. The number of nitrogens with zero attached hydrogens (tertiary/aromatic N) is 1. The van der Waals surface area contributed by atoms with Crippen molar-refractivity contribution in [3.8, 4) is 11.3 Å². The molecule has 170 valence electrons. The number of carbonyl (C=O) groups is 1. The average Bonchev–Trinajstić information content (AvgIpc) is 2.72. The molecule has 0 aliphatic heterocycles. The summed E-state index contributed by atoms with van der Waals surface area (Å²) < 4.78 is 0. The van der Waals surface area contributed by atoms with Gasteiger partial charge in [0.25, 0.3) is 5.56 Å². The van der Waals surface area contributed by atoms with Crippen LogP contribution < -0.4 is 30.4 Å². The Bertz CT molecular complexity index is 1080. The molecule has 0 fully saturated rings. The van der Waals surface area contributed by atoms with Gasteiger partial charge in [-0.15, -0.1) is 0 Å². The van der Waals surface area contributed by atoms with Crippen LogP contribution in [-0.4, -0.2) is 17.0 Å². The third kappa shape index (κ3) is 6.91. The molecule has 0 bridgehead atoms. The second kappa shape index (κ2) is 13.4. The van der Waals surface area contributed by atoms with Crippen molar-refractivity contribution in [3.05, 3.63) is 87.7 Å². The topological polar surface area (TPSA) is 62.3 Å². The van der Waals surface area contributed by atoms with E-state index in [9.17, 15) is 9.59 Å². The first kappa shape index (κ1) is 29.8. The van der Waals surface area contributed by atoms with Gasteiger partial charge in [0.05, 0.1) is 17.5 Å². The maximum atomic E-state index is 12.7. The molecule has 3 aromatic rings. The number of para-hydroxylation sites is 1. The summed E-state index contributed by atoms with van der Waals surface area (Å²) in [5.74, 6) is 0.160. The first-order valence-corrected chi connectivity index (χ1v) is 9.88. The third-order valence-corrected chi connectivity index (χ3v) is 4.91. The van der Waals surface area contributed by atoms with Gasteiger partial charge in [-0.3, -0.25) is 14.6 Å². The Labute approximate surface area is 212 Å². The zero-order valence-electron chi connectivity index (χ0n) is 18.4. The molecule has 0 aliphatic carbocycles. The number of aromatic amines is 1. The first-order chi connectivity index (χ1) is 13.9. The molecule has 4 nitrogen and oxygen atoms in total. The van der Waals surface area contributed by atoms with Crippen molar-refractivity contribution in [1.82, 2.24) is 4.98 Å². The number of aromatic nitrogens is 1. The summed E-state index contributed by atoms with van der Waals surface area (Å²) in [4.78, 5) is 32.5. The van der Waals surface area contributed by atoms with Crippen molar-refractivity contribution in [2.75, 3.05) is 0 Å². The van der Waals surface area contributed by atoms with Crippen LogP contribution in [0.3, 0.4) is 0 Å². The summed E-state index contributed by atoms with van der Waals surface area (Å²) in [6.45, 7) is 8.42. The minimum Gasteiger partial charge on any atom is -1.00 e. The van der Waals surface area contributed by atoms with E-state index in [1.807, 2.05) is 48.5 Å². The number of benzene rings is 2. The van der Waals surface area contributed by atoms with E-state index in [0.29, 0.717) is 5.69 Å². The fraction of sp³-hybridized carbons (Fsp3) is 0.240. The van der Waals surface area contributed by atoms with Crippen LogP contribution in [0, 0.1) is 0 Å². The molecule has 1 N–H and O–H groups in total. The molecule has 0 aliphatic rings. The number of H-pyrrole nitrogens is 1. The van der Waals surface area contributed by atoms with Crippen molar-refractivity contribution < 1.29 is 46.7 Å². The van der Waals surface area contributed by atoms with Crippen LogP contribution in [0.2, 0.25) is 0 Å². The van der Waals surface area contributed by atoms with Crippen molar-refractivity contribution in [3.63, 3.8) is 0 Å². The number of carbonyl (C=O) groups excluding carboxylic acids is 1. The molecule has 7 heteroatoms. The number of rotatable bonds is 6. The monoisotopic (exact) mass is 512 g/mol. The minimum atomic E-state index is -0.413. The van der Waals surface area contributed by atoms with E-state index in [2.05, 4.69) is 37.7 Å². The molecule has 0 radical (unpaired) electrons. The molecular formula is C25H26Cl2FeN2O2. The predicted octanol–water partition coefficient (Wildman–Crippen LogP) is -0.121. The van der Waals surface area contributed by atoms with Gasteiger partial charge >= 0.3 is 17.1 Å². The van der Waals surface area contributed by atoms with Gasteiger partial charge in [0, 0.05) is 5.69 Å². The minimum absolute atomic E-state index is 0. The Balaban J connectivity index is 0.00000320. The molecule has 32 heavy (non-hydrogen) atoms. The van der Waals surface area contributed by atoms with Crippen LogP contribution in [-0.2, 0) is 17.1 Å². The molecule has 1 aromatic heterocycles. The number of hydrogen-bond acceptors (Lipinski definition) is 3. The summed E-state index contributed by atoms with van der Waals surface area (Å²) in [7, 11) is 0. The van der Waals surface area contributed by atoms with Crippen molar-refractivity contribution in [2.24, 2.45) is 4.99 Å². The summed E-state index contributed by atoms with van der Waals surface area (Å²) in [5, 5.41) is 0. The maximum absolute atomic E-state index is 12.7. The number of aliphatic imine (C=N–C) groups is 1. The van der Waals surface area contributed by atoms with Crippen LogP contribution in [0.4, 0.5) is 5.69 Å². The van der Waals surface area contributed by atoms with Crippen molar-refractivity contribution >= 4 is 17.7 Å². The Kier molecular flexibility index (Phi) is 12.5. The molecule has 0 atom stereocenters. The zero-order chi connectivity index (χ0) is 21.0. The van der Waals surface area contributed by atoms with Crippen LogP contribution in [0.5, 0.6) is 0 Å². The average molecular weight is 513 g/mol. The molecule has 0 saturated heterocycles. The van der Waals surface area contributed by atoms with Gasteiger partial charge in [0.15, 0.2) is 0 Å². The Morgan fingerprint density at radius 3 is 1.91 bits per heavy atom. The number of halogens is 2. The normalized spacial score (nSPS) is 10.4. The van der Waals surface area contributed by atoms with Gasteiger partial charge < -0.3 is 29.8 Å². The number of nitrogens with one attached hydrogen (secondary N) is 1. The van der Waals surface area contributed by atoms with E-state index in [1.54, 1.807) is 12.1 Å². The molecular weight excluding hydrogens is 487 g/mol. The number of ketones is 1.